The van der Waals surface area contributed by atoms with Gasteiger partial charge in [-0.25, -0.2) is 4.39 Å². The molecule has 1 aromatic carbocycles. The fraction of sp³-hybridized carbons (Fsp3) is 0.500. The molecule has 4 heteroatoms. The molecule has 0 aliphatic carbocycles. The van der Waals surface area contributed by atoms with E-state index in [1.54, 1.807) is 13.0 Å². The Morgan fingerprint density at radius 1 is 1.44 bits per heavy atom. The first-order valence-electron chi connectivity index (χ1n) is 5.12. The van der Waals surface area contributed by atoms with E-state index in [-0.39, 0.29) is 18.3 Å². The summed E-state index contributed by atoms with van der Waals surface area (Å²) in [5, 5.41) is 9.96. The third-order valence-electron chi connectivity index (χ3n) is 2.61. The second-order valence-electron chi connectivity index (χ2n) is 4.41. The fourth-order valence-corrected chi connectivity index (χ4v) is 1.45. The van der Waals surface area contributed by atoms with Gasteiger partial charge in [-0.2, -0.15) is 0 Å². The van der Waals surface area contributed by atoms with Crippen LogP contribution in [0.15, 0.2) is 22.7 Å². The first kappa shape index (κ1) is 13.5. The van der Waals surface area contributed by atoms with Crippen LogP contribution in [0.3, 0.4) is 0 Å². The lowest BCUT2D eigenvalue weighted by atomic mass is 9.94. The summed E-state index contributed by atoms with van der Waals surface area (Å²) in [5.74, 6) is 0.117. The molecule has 90 valence electrons. The lowest BCUT2D eigenvalue weighted by Gasteiger charge is -2.27. The molecule has 0 radical (unpaired) electrons. The van der Waals surface area contributed by atoms with E-state index in [0.717, 1.165) is 0 Å². The van der Waals surface area contributed by atoms with Gasteiger partial charge in [-0.05, 0) is 25.0 Å². The van der Waals surface area contributed by atoms with E-state index in [4.69, 9.17) is 4.74 Å². The van der Waals surface area contributed by atoms with Crippen molar-refractivity contribution in [2.24, 2.45) is 5.92 Å². The minimum Gasteiger partial charge on any atom is -0.490 e. The lowest BCUT2D eigenvalue weighted by molar-refractivity contribution is -0.0267. The van der Waals surface area contributed by atoms with Gasteiger partial charge in [-0.1, -0.05) is 29.8 Å². The summed E-state index contributed by atoms with van der Waals surface area (Å²) in [5.41, 5.74) is -0.918. The van der Waals surface area contributed by atoms with Gasteiger partial charge in [-0.3, -0.25) is 0 Å². The Kier molecular flexibility index (Phi) is 4.33. The summed E-state index contributed by atoms with van der Waals surface area (Å²) in [6.45, 7) is 5.66. The Bertz CT molecular complexity index is 344. The van der Waals surface area contributed by atoms with Crippen LogP contribution in [0.2, 0.25) is 0 Å². The van der Waals surface area contributed by atoms with Crippen LogP contribution >= 0.6 is 15.9 Å². The zero-order chi connectivity index (χ0) is 12.3. The zero-order valence-corrected chi connectivity index (χ0v) is 11.2. The van der Waals surface area contributed by atoms with E-state index in [0.29, 0.717) is 10.2 Å². The third-order valence-corrected chi connectivity index (χ3v) is 3.07. The van der Waals surface area contributed by atoms with Gasteiger partial charge in [0.2, 0.25) is 0 Å². The first-order chi connectivity index (χ1) is 7.31. The summed E-state index contributed by atoms with van der Waals surface area (Å²) in [4.78, 5) is 0. The molecule has 16 heavy (non-hydrogen) atoms. The fourth-order valence-electron chi connectivity index (χ4n) is 1.01. The standard InChI is InChI=1S/C12H16BrFO2/c1-8(2)12(3,15)7-16-11-5-9(13)4-10(14)6-11/h4-6,8,15H,7H2,1-3H3. The van der Waals surface area contributed by atoms with E-state index >= 15 is 0 Å². The van der Waals surface area contributed by atoms with E-state index in [1.807, 2.05) is 13.8 Å². The van der Waals surface area contributed by atoms with Crippen molar-refractivity contribution in [2.75, 3.05) is 6.61 Å². The van der Waals surface area contributed by atoms with Crippen molar-refractivity contribution in [2.45, 2.75) is 26.4 Å². The Morgan fingerprint density at radius 2 is 2.06 bits per heavy atom. The van der Waals surface area contributed by atoms with Crippen molar-refractivity contribution in [3.05, 3.63) is 28.5 Å². The molecule has 0 bridgehead atoms. The molecule has 1 atom stereocenters. The quantitative estimate of drug-likeness (QED) is 0.921. The van der Waals surface area contributed by atoms with Crippen LogP contribution in [-0.4, -0.2) is 17.3 Å². The van der Waals surface area contributed by atoms with E-state index < -0.39 is 5.60 Å². The van der Waals surface area contributed by atoms with Gasteiger partial charge in [-0.15, -0.1) is 0 Å². The molecule has 1 rings (SSSR count). The summed E-state index contributed by atoms with van der Waals surface area (Å²) in [7, 11) is 0. The maximum atomic E-state index is 13.0. The minimum atomic E-state index is -0.918. The highest BCUT2D eigenvalue weighted by Crippen LogP contribution is 2.23. The molecule has 0 spiro atoms. The number of rotatable bonds is 4. The molecule has 0 aliphatic heterocycles. The highest BCUT2D eigenvalue weighted by molar-refractivity contribution is 9.10. The first-order valence-corrected chi connectivity index (χ1v) is 5.92. The Labute approximate surface area is 104 Å². The van der Waals surface area contributed by atoms with Gasteiger partial charge >= 0.3 is 0 Å². The minimum absolute atomic E-state index is 0.0736. The third kappa shape index (κ3) is 3.76. The zero-order valence-electron chi connectivity index (χ0n) is 9.63. The Balaban J connectivity index is 2.68. The SMILES string of the molecule is CC(C)C(C)(O)COc1cc(F)cc(Br)c1. The van der Waals surface area contributed by atoms with Gasteiger partial charge in [0.25, 0.3) is 0 Å². The van der Waals surface area contributed by atoms with Crippen molar-refractivity contribution in [1.29, 1.82) is 0 Å². The van der Waals surface area contributed by atoms with Crippen molar-refractivity contribution in [3.63, 3.8) is 0 Å². The second kappa shape index (κ2) is 5.15. The molecule has 0 saturated heterocycles. The molecular weight excluding hydrogens is 275 g/mol. The van der Waals surface area contributed by atoms with Crippen LogP contribution in [0.5, 0.6) is 5.75 Å². The molecule has 1 aromatic rings. The van der Waals surface area contributed by atoms with Crippen molar-refractivity contribution in [1.82, 2.24) is 0 Å². The van der Waals surface area contributed by atoms with Crippen molar-refractivity contribution in [3.8, 4) is 5.75 Å². The number of benzene rings is 1. The van der Waals surface area contributed by atoms with E-state index in [9.17, 15) is 9.50 Å². The molecule has 1 unspecified atom stereocenters. The molecule has 2 nitrogen and oxygen atoms in total. The normalized spacial score (nSPS) is 14.9. The average Bonchev–Trinajstić information content (AvgIpc) is 2.13. The molecule has 0 saturated carbocycles. The van der Waals surface area contributed by atoms with Crippen LogP contribution in [0, 0.1) is 11.7 Å². The number of hydrogen-bond donors (Lipinski definition) is 1. The topological polar surface area (TPSA) is 29.5 Å². The maximum Gasteiger partial charge on any atom is 0.128 e. The predicted molar refractivity (Wildman–Crippen MR) is 65.1 cm³/mol. The molecule has 0 heterocycles. The van der Waals surface area contributed by atoms with Gasteiger partial charge in [0, 0.05) is 10.5 Å². The average molecular weight is 291 g/mol. The molecule has 0 aromatic heterocycles. The lowest BCUT2D eigenvalue weighted by Crippen LogP contribution is -2.37. The van der Waals surface area contributed by atoms with Gasteiger partial charge in [0.1, 0.15) is 18.2 Å². The summed E-state index contributed by atoms with van der Waals surface area (Å²) >= 11 is 3.18. The Morgan fingerprint density at radius 3 is 2.56 bits per heavy atom. The van der Waals surface area contributed by atoms with Crippen LogP contribution in [0.1, 0.15) is 20.8 Å². The molecule has 0 fully saturated rings. The summed E-state index contributed by atoms with van der Waals surface area (Å²) in [6, 6.07) is 4.31. The van der Waals surface area contributed by atoms with Crippen molar-refractivity contribution >= 4 is 15.9 Å². The number of aliphatic hydroxyl groups is 1. The van der Waals surface area contributed by atoms with Crippen molar-refractivity contribution < 1.29 is 14.2 Å². The highest BCUT2D eigenvalue weighted by atomic mass is 79.9. The summed E-state index contributed by atoms with van der Waals surface area (Å²) in [6.07, 6.45) is 0. The molecule has 0 aliphatic rings. The van der Waals surface area contributed by atoms with Gasteiger partial charge < -0.3 is 9.84 Å². The monoisotopic (exact) mass is 290 g/mol. The highest BCUT2D eigenvalue weighted by Gasteiger charge is 2.25. The largest absolute Gasteiger partial charge is 0.490 e. The van der Waals surface area contributed by atoms with Crippen LogP contribution in [-0.2, 0) is 0 Å². The van der Waals surface area contributed by atoms with Gasteiger partial charge in [0.05, 0.1) is 5.60 Å². The van der Waals surface area contributed by atoms with Crippen LogP contribution in [0.25, 0.3) is 0 Å². The van der Waals surface area contributed by atoms with Gasteiger partial charge in [0.15, 0.2) is 0 Å². The van der Waals surface area contributed by atoms with Crippen LogP contribution in [0.4, 0.5) is 4.39 Å². The number of halogens is 2. The number of ether oxygens (including phenoxy) is 1. The summed E-state index contributed by atoms with van der Waals surface area (Å²) < 4.78 is 19.0. The number of hydrogen-bond acceptors (Lipinski definition) is 2. The Hall–Kier alpha value is -0.610. The molecule has 1 N–H and O–H groups in total. The second-order valence-corrected chi connectivity index (χ2v) is 5.32. The smallest absolute Gasteiger partial charge is 0.128 e. The van der Waals surface area contributed by atoms with Crippen LogP contribution < -0.4 is 4.74 Å². The van der Waals surface area contributed by atoms with E-state index in [1.165, 1.54) is 12.1 Å². The predicted octanol–water partition coefficient (Wildman–Crippen LogP) is 3.37. The molecule has 0 amide bonds. The maximum absolute atomic E-state index is 13.0. The van der Waals surface area contributed by atoms with E-state index in [2.05, 4.69) is 15.9 Å². The molecular formula is C12H16BrFO2.